The number of likely N-dealkylation sites (N-methyl/N-ethyl adjacent to an activating group) is 1. The highest BCUT2D eigenvalue weighted by Gasteiger charge is 2.30. The second kappa shape index (κ2) is 9.10. The van der Waals surface area contributed by atoms with Crippen molar-refractivity contribution < 1.29 is 18.0 Å². The second-order valence-corrected chi connectivity index (χ2v) is 7.10. The molecule has 0 atom stereocenters. The fourth-order valence-corrected chi connectivity index (χ4v) is 2.96. The van der Waals surface area contributed by atoms with E-state index < -0.39 is 11.7 Å². The molecule has 5 nitrogen and oxygen atoms in total. The van der Waals surface area contributed by atoms with Gasteiger partial charge in [0.15, 0.2) is 5.96 Å². The lowest BCUT2D eigenvalue weighted by Crippen LogP contribution is -2.43. The van der Waals surface area contributed by atoms with Crippen LogP contribution in [0.4, 0.5) is 13.2 Å². The Morgan fingerprint density at radius 3 is 2.26 bits per heavy atom. The molecule has 1 fully saturated rings. The van der Waals surface area contributed by atoms with Gasteiger partial charge in [-0.3, -0.25) is 4.79 Å². The summed E-state index contributed by atoms with van der Waals surface area (Å²) in [5, 5.41) is 3.39. The molecule has 1 aromatic rings. The summed E-state index contributed by atoms with van der Waals surface area (Å²) in [6.07, 6.45) is 0.0749. The average molecular weight is 384 g/mol. The molecule has 0 saturated heterocycles. The third kappa shape index (κ3) is 6.45. The van der Waals surface area contributed by atoms with Crippen LogP contribution in [0.2, 0.25) is 0 Å². The van der Waals surface area contributed by atoms with Gasteiger partial charge in [0.2, 0.25) is 5.91 Å². The van der Waals surface area contributed by atoms with Crippen LogP contribution in [-0.4, -0.2) is 55.4 Å². The van der Waals surface area contributed by atoms with E-state index in [1.807, 2.05) is 11.9 Å². The average Bonchev–Trinajstić information content (AvgIpc) is 3.10. The molecule has 0 aliphatic heterocycles. The Labute approximate surface area is 158 Å². The molecule has 2 rings (SSSR count). The Kier molecular flexibility index (Phi) is 7.10. The number of hydrogen-bond acceptors (Lipinski definition) is 2. The van der Waals surface area contributed by atoms with Gasteiger partial charge in [-0.2, -0.15) is 13.2 Å². The number of nitrogens with one attached hydrogen (secondary N) is 1. The Bertz CT molecular complexity index is 650. The molecule has 150 valence electrons. The van der Waals surface area contributed by atoms with Gasteiger partial charge in [0.05, 0.1) is 5.56 Å². The summed E-state index contributed by atoms with van der Waals surface area (Å²) < 4.78 is 38.1. The van der Waals surface area contributed by atoms with E-state index in [9.17, 15) is 18.0 Å². The van der Waals surface area contributed by atoms with Crippen LogP contribution in [0.25, 0.3) is 0 Å². The number of halogens is 3. The van der Waals surface area contributed by atoms with Gasteiger partial charge in [-0.15, -0.1) is 0 Å². The third-order valence-corrected chi connectivity index (χ3v) is 4.61. The molecule has 1 N–H and O–H groups in total. The molecule has 0 bridgehead atoms. The van der Waals surface area contributed by atoms with Gasteiger partial charge in [0.1, 0.15) is 6.54 Å². The number of benzene rings is 1. The second-order valence-electron chi connectivity index (χ2n) is 7.10. The zero-order chi connectivity index (χ0) is 20.0. The summed E-state index contributed by atoms with van der Waals surface area (Å²) in [7, 11) is 5.17. The molecular formula is C19H27F3N4O. The van der Waals surface area contributed by atoms with Gasteiger partial charge in [-0.1, -0.05) is 25.0 Å². The van der Waals surface area contributed by atoms with Crippen molar-refractivity contribution >= 4 is 11.9 Å². The third-order valence-electron chi connectivity index (χ3n) is 4.61. The first-order chi connectivity index (χ1) is 12.7. The number of aliphatic imine (C=N–C) groups is 1. The van der Waals surface area contributed by atoms with E-state index in [0.29, 0.717) is 18.5 Å². The van der Waals surface area contributed by atoms with Crippen LogP contribution in [0, 0.1) is 0 Å². The molecule has 0 unspecified atom stereocenters. The van der Waals surface area contributed by atoms with Gasteiger partial charge in [-0.05, 0) is 30.5 Å². The van der Waals surface area contributed by atoms with Crippen LogP contribution in [0.3, 0.4) is 0 Å². The molecule has 1 aliphatic rings. The van der Waals surface area contributed by atoms with Crippen molar-refractivity contribution in [2.24, 2.45) is 4.99 Å². The predicted octanol–water partition coefficient (Wildman–Crippen LogP) is 3.11. The minimum atomic E-state index is -4.34. The van der Waals surface area contributed by atoms with E-state index in [1.165, 1.54) is 17.0 Å². The molecule has 1 saturated carbocycles. The normalized spacial score (nSPS) is 15.7. The van der Waals surface area contributed by atoms with Crippen molar-refractivity contribution in [1.29, 1.82) is 0 Å². The molecule has 1 amide bonds. The number of hydrogen-bond donors (Lipinski definition) is 1. The van der Waals surface area contributed by atoms with Gasteiger partial charge in [-0.25, -0.2) is 4.99 Å². The predicted molar refractivity (Wildman–Crippen MR) is 99.3 cm³/mol. The van der Waals surface area contributed by atoms with Crippen LogP contribution >= 0.6 is 0 Å². The minimum absolute atomic E-state index is 0.0272. The van der Waals surface area contributed by atoms with E-state index in [0.717, 1.165) is 43.4 Å². The maximum atomic E-state index is 12.7. The van der Waals surface area contributed by atoms with E-state index >= 15 is 0 Å². The highest BCUT2D eigenvalue weighted by molar-refractivity contribution is 5.84. The van der Waals surface area contributed by atoms with Gasteiger partial charge in [0, 0.05) is 33.7 Å². The van der Waals surface area contributed by atoms with Crippen LogP contribution in [0.15, 0.2) is 29.3 Å². The van der Waals surface area contributed by atoms with Crippen LogP contribution in [0.1, 0.15) is 36.8 Å². The van der Waals surface area contributed by atoms with Gasteiger partial charge >= 0.3 is 6.18 Å². The van der Waals surface area contributed by atoms with E-state index in [1.54, 1.807) is 14.1 Å². The number of carbonyl (C=O) groups excluding carboxylic acids is 1. The van der Waals surface area contributed by atoms with E-state index in [-0.39, 0.29) is 12.5 Å². The van der Waals surface area contributed by atoms with Crippen molar-refractivity contribution in [3.8, 4) is 0 Å². The quantitative estimate of drug-likeness (QED) is 0.627. The summed E-state index contributed by atoms with van der Waals surface area (Å²) >= 11 is 0. The molecule has 0 radical (unpaired) electrons. The highest BCUT2D eigenvalue weighted by atomic mass is 19.4. The largest absolute Gasteiger partial charge is 0.416 e. The Morgan fingerprint density at radius 2 is 1.74 bits per heavy atom. The monoisotopic (exact) mass is 384 g/mol. The van der Waals surface area contributed by atoms with Crippen molar-refractivity contribution in [3.05, 3.63) is 35.4 Å². The van der Waals surface area contributed by atoms with Crippen molar-refractivity contribution in [2.45, 2.75) is 44.4 Å². The fourth-order valence-electron chi connectivity index (χ4n) is 2.96. The number of carbonyl (C=O) groups is 1. The molecule has 0 spiro atoms. The highest BCUT2D eigenvalue weighted by Crippen LogP contribution is 2.29. The summed E-state index contributed by atoms with van der Waals surface area (Å²) in [6.45, 7) is 0.423. The van der Waals surface area contributed by atoms with Crippen molar-refractivity contribution in [2.75, 3.05) is 27.7 Å². The first-order valence-electron chi connectivity index (χ1n) is 9.05. The lowest BCUT2D eigenvalue weighted by Gasteiger charge is -2.25. The Morgan fingerprint density at radius 1 is 1.15 bits per heavy atom. The standard InChI is InChI=1S/C19H27F3N4O/c1-25(2)17(27)12-23-18(24-16-6-4-5-7-16)26(3)13-14-8-10-15(11-9-14)19(20,21)22/h8-11,16H,4-7,12-13H2,1-3H3,(H,23,24). The van der Waals surface area contributed by atoms with E-state index in [2.05, 4.69) is 10.3 Å². The molecule has 27 heavy (non-hydrogen) atoms. The summed E-state index contributed by atoms with van der Waals surface area (Å²) in [5.74, 6) is 0.487. The summed E-state index contributed by atoms with van der Waals surface area (Å²) in [5.41, 5.74) is 0.0776. The zero-order valence-electron chi connectivity index (χ0n) is 16.0. The molecule has 0 aromatic heterocycles. The maximum Gasteiger partial charge on any atom is 0.416 e. The first-order valence-corrected chi connectivity index (χ1v) is 9.05. The Hall–Kier alpha value is -2.25. The van der Waals surface area contributed by atoms with Gasteiger partial charge < -0.3 is 15.1 Å². The molecule has 1 aromatic carbocycles. The summed E-state index contributed by atoms with van der Waals surface area (Å²) in [4.78, 5) is 19.6. The van der Waals surface area contributed by atoms with Crippen molar-refractivity contribution in [1.82, 2.24) is 15.1 Å². The number of amides is 1. The lowest BCUT2D eigenvalue weighted by molar-refractivity contribution is -0.137. The number of guanidine groups is 1. The molecule has 0 heterocycles. The molecule has 8 heteroatoms. The SMILES string of the molecule is CN(C)C(=O)CN=C(NC1CCCC1)N(C)Cc1ccc(C(F)(F)F)cc1. The van der Waals surface area contributed by atoms with E-state index in [4.69, 9.17) is 0 Å². The smallest absolute Gasteiger partial charge is 0.353 e. The maximum absolute atomic E-state index is 12.7. The molecular weight excluding hydrogens is 357 g/mol. The number of alkyl halides is 3. The number of rotatable bonds is 5. The van der Waals surface area contributed by atoms with Gasteiger partial charge in [0.25, 0.3) is 0 Å². The summed E-state index contributed by atoms with van der Waals surface area (Å²) in [6, 6.07) is 5.42. The minimum Gasteiger partial charge on any atom is -0.353 e. The molecule has 1 aliphatic carbocycles. The fraction of sp³-hybridized carbons (Fsp3) is 0.579. The Balaban J connectivity index is 2.08. The van der Waals surface area contributed by atoms with Crippen LogP contribution in [0.5, 0.6) is 0 Å². The first kappa shape index (κ1) is 21.1. The lowest BCUT2D eigenvalue weighted by atomic mass is 10.1. The van der Waals surface area contributed by atoms with Crippen LogP contribution < -0.4 is 5.32 Å². The topological polar surface area (TPSA) is 47.9 Å². The van der Waals surface area contributed by atoms with Crippen LogP contribution in [-0.2, 0) is 17.5 Å². The zero-order valence-corrected chi connectivity index (χ0v) is 16.0. The van der Waals surface area contributed by atoms with Crippen molar-refractivity contribution in [3.63, 3.8) is 0 Å². The number of nitrogens with zero attached hydrogens (tertiary/aromatic N) is 3.